The smallest absolute Gasteiger partial charge is 0.340 e. The largest absolute Gasteiger partial charge is 0.479 e. The third-order valence-corrected chi connectivity index (χ3v) is 3.25. The van der Waals surface area contributed by atoms with Gasteiger partial charge in [0.25, 0.3) is 0 Å². The normalized spacial score (nSPS) is 23.2. The number of carbonyl (C=O) groups excluding carboxylic acids is 1. The zero-order chi connectivity index (χ0) is 13.9. The van der Waals surface area contributed by atoms with Gasteiger partial charge in [-0.3, -0.25) is 0 Å². The molecule has 0 amide bonds. The van der Waals surface area contributed by atoms with E-state index in [0.29, 0.717) is 11.5 Å². The van der Waals surface area contributed by atoms with Crippen LogP contribution in [0.2, 0.25) is 0 Å². The molecule has 6 nitrogen and oxygen atoms in total. The van der Waals surface area contributed by atoms with Crippen LogP contribution in [0.25, 0.3) is 0 Å². The van der Waals surface area contributed by atoms with Crippen LogP contribution in [0.4, 0.5) is 0 Å². The molecule has 1 saturated heterocycles. The summed E-state index contributed by atoms with van der Waals surface area (Å²) in [5, 5.41) is 19.4. The number of aliphatic carboxylic acids is 1. The number of carboxylic acids is 1. The molecule has 2 N–H and O–H groups in total. The molecule has 0 aromatic heterocycles. The van der Waals surface area contributed by atoms with Crippen LogP contribution in [0.3, 0.4) is 0 Å². The Bertz CT molecular complexity index is 475. The second kappa shape index (κ2) is 5.38. The van der Waals surface area contributed by atoms with Crippen molar-refractivity contribution in [2.24, 2.45) is 0 Å². The second-order valence-electron chi connectivity index (χ2n) is 4.45. The van der Waals surface area contributed by atoms with E-state index in [-0.39, 0.29) is 19.6 Å². The Morgan fingerprint density at radius 2 is 2.00 bits per heavy atom. The number of carboxylic acid groups (broad SMARTS) is 1. The lowest BCUT2D eigenvalue weighted by Gasteiger charge is -2.27. The molecule has 0 unspecified atom stereocenters. The fourth-order valence-electron chi connectivity index (χ4n) is 2.16. The molecule has 0 spiro atoms. The van der Waals surface area contributed by atoms with Crippen LogP contribution in [0, 0.1) is 0 Å². The van der Waals surface area contributed by atoms with Gasteiger partial charge in [0.2, 0.25) is 5.54 Å². The summed E-state index contributed by atoms with van der Waals surface area (Å²) < 4.78 is 5.03. The van der Waals surface area contributed by atoms with Crippen LogP contribution >= 0.6 is 0 Å². The minimum atomic E-state index is -1.96. The van der Waals surface area contributed by atoms with E-state index < -0.39 is 17.5 Å². The number of nitrogens with zero attached hydrogens (tertiary/aromatic N) is 1. The highest BCUT2D eigenvalue weighted by molar-refractivity contribution is 6.04. The number of carbonyl (C=O) groups is 2. The molecule has 19 heavy (non-hydrogen) atoms. The van der Waals surface area contributed by atoms with Crippen LogP contribution in [0.5, 0.6) is 0 Å². The van der Waals surface area contributed by atoms with Gasteiger partial charge < -0.3 is 15.1 Å². The number of hydroxylamine groups is 2. The van der Waals surface area contributed by atoms with Crippen molar-refractivity contribution in [1.29, 1.82) is 0 Å². The Labute approximate surface area is 110 Å². The van der Waals surface area contributed by atoms with Gasteiger partial charge in [-0.1, -0.05) is 30.3 Å². The second-order valence-corrected chi connectivity index (χ2v) is 4.45. The molecule has 1 heterocycles. The van der Waals surface area contributed by atoms with Crippen LogP contribution in [0.1, 0.15) is 18.4 Å². The van der Waals surface area contributed by atoms with Crippen molar-refractivity contribution < 1.29 is 24.6 Å². The third kappa shape index (κ3) is 2.45. The molecule has 1 aromatic carbocycles. The molecular weight excluding hydrogens is 250 g/mol. The SMILES string of the molecule is O=C(O)[C@]1(C(=O)OCc2ccccc2)CCCN1O. The highest BCUT2D eigenvalue weighted by atomic mass is 16.6. The van der Waals surface area contributed by atoms with E-state index in [9.17, 15) is 19.9 Å². The molecule has 0 radical (unpaired) electrons. The molecule has 0 aliphatic carbocycles. The topological polar surface area (TPSA) is 87.1 Å². The van der Waals surface area contributed by atoms with E-state index in [1.165, 1.54) is 0 Å². The lowest BCUT2D eigenvalue weighted by Crippen LogP contribution is -2.56. The predicted molar refractivity (Wildman–Crippen MR) is 64.3 cm³/mol. The summed E-state index contributed by atoms with van der Waals surface area (Å²) in [6.45, 7) is 0.134. The highest BCUT2D eigenvalue weighted by Gasteiger charge is 2.55. The molecule has 6 heteroatoms. The van der Waals surface area contributed by atoms with Crippen molar-refractivity contribution in [2.75, 3.05) is 6.54 Å². The first-order chi connectivity index (χ1) is 9.07. The van der Waals surface area contributed by atoms with Crippen molar-refractivity contribution in [3.05, 3.63) is 35.9 Å². The molecule has 1 aliphatic rings. The minimum absolute atomic E-state index is 0.0114. The first-order valence-corrected chi connectivity index (χ1v) is 5.98. The Kier molecular flexibility index (Phi) is 3.82. The number of benzene rings is 1. The lowest BCUT2D eigenvalue weighted by atomic mass is 9.98. The number of ether oxygens (including phenoxy) is 1. The van der Waals surface area contributed by atoms with E-state index in [4.69, 9.17) is 4.74 Å². The Hall–Kier alpha value is -1.92. The minimum Gasteiger partial charge on any atom is -0.479 e. The number of hydrogen-bond donors (Lipinski definition) is 2. The van der Waals surface area contributed by atoms with Gasteiger partial charge in [-0.15, -0.1) is 0 Å². The van der Waals surface area contributed by atoms with Gasteiger partial charge >= 0.3 is 11.9 Å². The van der Waals surface area contributed by atoms with Crippen LogP contribution < -0.4 is 0 Å². The highest BCUT2D eigenvalue weighted by Crippen LogP contribution is 2.29. The van der Waals surface area contributed by atoms with Crippen molar-refractivity contribution in [1.82, 2.24) is 5.06 Å². The maximum Gasteiger partial charge on any atom is 0.340 e. The van der Waals surface area contributed by atoms with E-state index in [2.05, 4.69) is 0 Å². The molecule has 0 bridgehead atoms. The van der Waals surface area contributed by atoms with Gasteiger partial charge in [0, 0.05) is 6.54 Å². The van der Waals surface area contributed by atoms with Crippen molar-refractivity contribution in [3.8, 4) is 0 Å². The van der Waals surface area contributed by atoms with Gasteiger partial charge in [-0.05, 0) is 18.4 Å². The Morgan fingerprint density at radius 1 is 1.32 bits per heavy atom. The third-order valence-electron chi connectivity index (χ3n) is 3.25. The standard InChI is InChI=1S/C13H15NO5/c15-11(16)13(7-4-8-14(13)18)12(17)19-9-10-5-2-1-3-6-10/h1-3,5-6,18H,4,7-9H2,(H,15,16)/t13-/m0/s1. The molecule has 102 valence electrons. The van der Waals surface area contributed by atoms with Gasteiger partial charge in [0.1, 0.15) is 6.61 Å². The van der Waals surface area contributed by atoms with Gasteiger partial charge in [0.15, 0.2) is 0 Å². The zero-order valence-corrected chi connectivity index (χ0v) is 10.3. The van der Waals surface area contributed by atoms with E-state index in [1.807, 2.05) is 6.07 Å². The first-order valence-electron chi connectivity index (χ1n) is 5.98. The summed E-state index contributed by atoms with van der Waals surface area (Å²) in [4.78, 5) is 23.3. The number of esters is 1. The average molecular weight is 265 g/mol. The summed E-state index contributed by atoms with van der Waals surface area (Å²) in [7, 11) is 0. The maximum absolute atomic E-state index is 12.0. The molecule has 2 rings (SSSR count). The lowest BCUT2D eigenvalue weighted by molar-refractivity contribution is -0.201. The Balaban J connectivity index is 2.07. The van der Waals surface area contributed by atoms with Gasteiger partial charge in [-0.25, -0.2) is 9.59 Å². The summed E-state index contributed by atoms with van der Waals surface area (Å²) >= 11 is 0. The van der Waals surface area contributed by atoms with E-state index in [1.54, 1.807) is 24.3 Å². The van der Waals surface area contributed by atoms with Gasteiger partial charge in [0.05, 0.1) is 0 Å². The van der Waals surface area contributed by atoms with E-state index >= 15 is 0 Å². The number of hydrogen-bond acceptors (Lipinski definition) is 5. The molecule has 1 atom stereocenters. The molecule has 1 aliphatic heterocycles. The molecule has 0 saturated carbocycles. The van der Waals surface area contributed by atoms with Gasteiger partial charge in [-0.2, -0.15) is 5.06 Å². The predicted octanol–water partition coefficient (Wildman–Crippen LogP) is 1.04. The summed E-state index contributed by atoms with van der Waals surface area (Å²) in [5.74, 6) is -2.31. The molecule has 1 fully saturated rings. The van der Waals surface area contributed by atoms with Crippen molar-refractivity contribution in [3.63, 3.8) is 0 Å². The van der Waals surface area contributed by atoms with Crippen LogP contribution in [-0.4, -0.2) is 39.4 Å². The summed E-state index contributed by atoms with van der Waals surface area (Å²) in [6.07, 6.45) is 0.482. The fourth-order valence-corrected chi connectivity index (χ4v) is 2.16. The van der Waals surface area contributed by atoms with Crippen LogP contribution in [0.15, 0.2) is 30.3 Å². The zero-order valence-electron chi connectivity index (χ0n) is 10.3. The quantitative estimate of drug-likeness (QED) is 0.624. The molecular formula is C13H15NO5. The summed E-state index contributed by atoms with van der Waals surface area (Å²) in [6, 6.07) is 8.96. The summed E-state index contributed by atoms with van der Waals surface area (Å²) in [5.41, 5.74) is -1.20. The van der Waals surface area contributed by atoms with Crippen molar-refractivity contribution >= 4 is 11.9 Å². The Morgan fingerprint density at radius 3 is 2.53 bits per heavy atom. The fraction of sp³-hybridized carbons (Fsp3) is 0.385. The average Bonchev–Trinajstić information content (AvgIpc) is 2.80. The van der Waals surface area contributed by atoms with E-state index in [0.717, 1.165) is 5.56 Å². The first kappa shape index (κ1) is 13.5. The number of rotatable bonds is 4. The monoisotopic (exact) mass is 265 g/mol. The van der Waals surface area contributed by atoms with Crippen molar-refractivity contribution in [2.45, 2.75) is 25.0 Å². The van der Waals surface area contributed by atoms with Crippen LogP contribution in [-0.2, 0) is 20.9 Å². The maximum atomic E-state index is 12.0. The molecule has 1 aromatic rings.